The maximum atomic E-state index is 11.6. The molecule has 0 aliphatic rings. The molecule has 2 aromatic rings. The molecule has 0 unspecified atom stereocenters. The first-order valence-corrected chi connectivity index (χ1v) is 4.46. The van der Waals surface area contributed by atoms with Crippen molar-refractivity contribution in [3.05, 3.63) is 16.0 Å². The fourth-order valence-electron chi connectivity index (χ4n) is 1.51. The molecule has 76 valence electrons. The van der Waals surface area contributed by atoms with E-state index in [4.69, 9.17) is 29.3 Å². The number of pyridine rings is 1. The Morgan fingerprint density at radius 3 is 2.41 bits per heavy atom. The fourth-order valence-corrected chi connectivity index (χ4v) is 1.51. The highest BCUT2D eigenvalue weighted by Gasteiger charge is 2.16. The zero-order valence-corrected chi connectivity index (χ0v) is 8.52. The Kier molecular flexibility index (Phi) is 2.53. The zero-order valence-electron chi connectivity index (χ0n) is 8.52. The summed E-state index contributed by atoms with van der Waals surface area (Å²) in [6, 6.07) is 0. The average molecular weight is 220 g/mol. The van der Waals surface area contributed by atoms with Crippen LogP contribution in [-0.4, -0.2) is 44.6 Å². The molecule has 6 nitrogen and oxygen atoms in total. The summed E-state index contributed by atoms with van der Waals surface area (Å²) in [5.41, 5.74) is 4.00. The minimum absolute atomic E-state index is 0.0197. The van der Waals surface area contributed by atoms with Crippen LogP contribution in [0.15, 0.2) is 4.79 Å². The van der Waals surface area contributed by atoms with Crippen LogP contribution in [-0.2, 0) is 0 Å². The first kappa shape index (κ1) is 11.4. The van der Waals surface area contributed by atoms with Crippen LogP contribution >= 0.6 is 0 Å². The number of nitrogens with zero attached hydrogens (tertiary/aromatic N) is 2. The van der Waals surface area contributed by atoms with Crippen LogP contribution in [0.25, 0.3) is 10.8 Å². The van der Waals surface area contributed by atoms with Gasteiger partial charge < -0.3 is 5.73 Å². The number of rotatable bonds is 1. The monoisotopic (exact) mass is 220 g/mol. The Labute approximate surface area is 99.2 Å². The quantitative estimate of drug-likeness (QED) is 0.475. The van der Waals surface area contributed by atoms with Crippen LogP contribution in [0, 0.1) is 0 Å². The third-order valence-corrected chi connectivity index (χ3v) is 2.26. The molecule has 0 aliphatic heterocycles. The van der Waals surface area contributed by atoms with E-state index in [1.165, 1.54) is 0 Å². The molecular formula is C8H3B3N4O2. The van der Waals surface area contributed by atoms with E-state index in [9.17, 15) is 9.59 Å². The molecule has 3 N–H and O–H groups in total. The standard InChI is InChI=1S/C8H3B3N4O2/c9-3-1-2(5(10)13-6(3)11)8(17)15-14-4(1)7(12)16/h(H2,12,16)(H,15,17). The van der Waals surface area contributed by atoms with Crippen LogP contribution in [0.2, 0.25) is 0 Å². The molecule has 0 atom stereocenters. The lowest BCUT2D eigenvalue weighted by atomic mass is 9.79. The minimum atomic E-state index is -0.858. The molecular weight excluding hydrogens is 217 g/mol. The molecule has 0 aliphatic carbocycles. The Morgan fingerprint density at radius 2 is 1.82 bits per heavy atom. The van der Waals surface area contributed by atoms with Crippen molar-refractivity contribution in [3.63, 3.8) is 0 Å². The second-order valence-electron chi connectivity index (χ2n) is 3.31. The number of nitrogens with one attached hydrogen (secondary N) is 1. The van der Waals surface area contributed by atoms with Crippen LogP contribution in [0.5, 0.6) is 0 Å². The van der Waals surface area contributed by atoms with Crippen LogP contribution < -0.4 is 27.9 Å². The van der Waals surface area contributed by atoms with Gasteiger partial charge in [0.2, 0.25) is 0 Å². The van der Waals surface area contributed by atoms with E-state index in [2.05, 4.69) is 15.2 Å². The number of amides is 1. The van der Waals surface area contributed by atoms with Crippen molar-refractivity contribution in [2.24, 2.45) is 5.73 Å². The summed E-state index contributed by atoms with van der Waals surface area (Å²) < 4.78 is 0. The van der Waals surface area contributed by atoms with Crippen LogP contribution in [0.3, 0.4) is 0 Å². The number of fused-ring (bicyclic) bond motifs is 1. The SMILES string of the molecule is [B]c1nc([B])c2c(=O)[nH]nc(C(N)=O)c2c1[B]. The summed E-state index contributed by atoms with van der Waals surface area (Å²) in [5, 5.41) is 5.57. The second kappa shape index (κ2) is 3.76. The molecule has 0 spiro atoms. The van der Waals surface area contributed by atoms with Crippen molar-refractivity contribution in [2.45, 2.75) is 0 Å². The molecule has 0 fully saturated rings. The third kappa shape index (κ3) is 1.63. The molecule has 1 amide bonds. The van der Waals surface area contributed by atoms with E-state index in [0.29, 0.717) is 0 Å². The predicted octanol–water partition coefficient (Wildman–Crippen LogP) is -4.20. The maximum absolute atomic E-state index is 11.6. The smallest absolute Gasteiger partial charge is 0.272 e. The fraction of sp³-hybridized carbons (Fsp3) is 0. The predicted molar refractivity (Wildman–Crippen MR) is 64.8 cm³/mol. The van der Waals surface area contributed by atoms with E-state index in [1.54, 1.807) is 0 Å². The van der Waals surface area contributed by atoms with Crippen molar-refractivity contribution in [2.75, 3.05) is 0 Å². The molecule has 0 saturated heterocycles. The van der Waals surface area contributed by atoms with Crippen molar-refractivity contribution >= 4 is 56.9 Å². The highest BCUT2D eigenvalue weighted by Crippen LogP contribution is 2.05. The van der Waals surface area contributed by atoms with Gasteiger partial charge in [-0.15, -0.1) is 0 Å². The molecule has 0 aromatic carbocycles. The number of carbonyl (C=O) groups is 1. The molecule has 9 heteroatoms. The number of H-pyrrole nitrogens is 1. The number of hydrogen-bond acceptors (Lipinski definition) is 4. The number of nitrogens with two attached hydrogens (primary N) is 1. The lowest BCUT2D eigenvalue weighted by molar-refractivity contribution is 0.0996. The van der Waals surface area contributed by atoms with Gasteiger partial charge in [-0.2, -0.15) is 5.10 Å². The van der Waals surface area contributed by atoms with Gasteiger partial charge in [0.1, 0.15) is 23.5 Å². The van der Waals surface area contributed by atoms with Crippen molar-refractivity contribution in [3.8, 4) is 0 Å². The molecule has 0 bridgehead atoms. The molecule has 6 radical (unpaired) electrons. The third-order valence-electron chi connectivity index (χ3n) is 2.26. The van der Waals surface area contributed by atoms with Gasteiger partial charge in [-0.3, -0.25) is 14.6 Å². The Bertz CT molecular complexity index is 697. The van der Waals surface area contributed by atoms with Gasteiger partial charge in [0, 0.05) is 11.0 Å². The van der Waals surface area contributed by atoms with Crippen LogP contribution in [0.4, 0.5) is 0 Å². The summed E-state index contributed by atoms with van der Waals surface area (Å²) in [6.07, 6.45) is 0. The van der Waals surface area contributed by atoms with E-state index < -0.39 is 11.5 Å². The summed E-state index contributed by atoms with van der Waals surface area (Å²) in [7, 11) is 16.7. The van der Waals surface area contributed by atoms with Crippen LogP contribution in [0.1, 0.15) is 10.5 Å². The number of aromatic nitrogens is 3. The zero-order chi connectivity index (χ0) is 12.7. The largest absolute Gasteiger partial charge is 0.364 e. The summed E-state index contributed by atoms with van der Waals surface area (Å²) in [5.74, 6) is -0.858. The maximum Gasteiger partial charge on any atom is 0.272 e. The van der Waals surface area contributed by atoms with E-state index in [0.717, 1.165) is 0 Å². The van der Waals surface area contributed by atoms with Gasteiger partial charge in [-0.05, 0) is 5.59 Å². The highest BCUT2D eigenvalue weighted by molar-refractivity contribution is 6.54. The van der Waals surface area contributed by atoms with E-state index in [-0.39, 0.29) is 33.1 Å². The summed E-state index contributed by atoms with van der Waals surface area (Å²) >= 11 is 0. The number of primary amides is 1. The van der Waals surface area contributed by atoms with Crippen molar-refractivity contribution in [1.82, 2.24) is 15.2 Å². The summed E-state index contributed by atoms with van der Waals surface area (Å²) in [6.45, 7) is 0. The Morgan fingerprint density at radius 1 is 1.18 bits per heavy atom. The average Bonchev–Trinajstić information content (AvgIpc) is 2.25. The molecule has 0 saturated carbocycles. The van der Waals surface area contributed by atoms with Gasteiger partial charge in [0.25, 0.3) is 11.5 Å². The number of carbonyl (C=O) groups excluding carboxylic acids is 1. The first-order chi connectivity index (χ1) is 7.93. The Hall–Kier alpha value is -2.05. The van der Waals surface area contributed by atoms with Crippen molar-refractivity contribution < 1.29 is 4.79 Å². The van der Waals surface area contributed by atoms with Gasteiger partial charge in [0.05, 0.1) is 5.39 Å². The molecule has 2 aromatic heterocycles. The normalized spacial score (nSPS) is 10.6. The molecule has 17 heavy (non-hydrogen) atoms. The van der Waals surface area contributed by atoms with Gasteiger partial charge in [0.15, 0.2) is 5.69 Å². The van der Waals surface area contributed by atoms with Crippen molar-refractivity contribution in [1.29, 1.82) is 0 Å². The molecule has 2 rings (SSSR count). The summed E-state index contributed by atoms with van der Waals surface area (Å²) in [4.78, 5) is 26.4. The lowest BCUT2D eigenvalue weighted by Crippen LogP contribution is -2.39. The van der Waals surface area contributed by atoms with Gasteiger partial charge in [-0.1, -0.05) is 5.46 Å². The first-order valence-electron chi connectivity index (χ1n) is 4.46. The number of aromatic amines is 1. The molecule has 2 heterocycles. The Balaban J connectivity index is 3.14. The topological polar surface area (TPSA) is 102 Å². The van der Waals surface area contributed by atoms with Gasteiger partial charge >= 0.3 is 0 Å². The van der Waals surface area contributed by atoms with E-state index >= 15 is 0 Å². The number of hydrogen-bond donors (Lipinski definition) is 2. The van der Waals surface area contributed by atoms with E-state index in [1.807, 2.05) is 0 Å². The highest BCUT2D eigenvalue weighted by atomic mass is 16.1. The minimum Gasteiger partial charge on any atom is -0.364 e. The second-order valence-corrected chi connectivity index (χ2v) is 3.31. The van der Waals surface area contributed by atoms with Gasteiger partial charge in [-0.25, -0.2) is 5.10 Å². The lowest BCUT2D eigenvalue weighted by Gasteiger charge is -2.10.